The third kappa shape index (κ3) is 6.16. The monoisotopic (exact) mass is 453 g/mol. The first kappa shape index (κ1) is 23.0. The predicted octanol–water partition coefficient (Wildman–Crippen LogP) is 2.84. The molecular weight excluding hydrogens is 430 g/mol. The van der Waals surface area contributed by atoms with Crippen LogP contribution in [0.1, 0.15) is 28.9 Å². The van der Waals surface area contributed by atoms with E-state index in [9.17, 15) is 18.0 Å². The maximum absolute atomic E-state index is 12.6. The van der Waals surface area contributed by atoms with Crippen molar-refractivity contribution in [2.45, 2.75) is 17.9 Å². The van der Waals surface area contributed by atoms with Crippen LogP contribution in [-0.4, -0.2) is 26.8 Å². The Morgan fingerprint density at radius 2 is 1.56 bits per heavy atom. The van der Waals surface area contributed by atoms with Crippen LogP contribution in [-0.2, 0) is 14.8 Å². The number of primary amides is 1. The normalized spacial score (nSPS) is 12.0. The summed E-state index contributed by atoms with van der Waals surface area (Å²) in [6.45, 7) is 1.50. The molecule has 0 radical (unpaired) electrons. The maximum Gasteiger partial charge on any atom is 0.262 e. The van der Waals surface area contributed by atoms with Gasteiger partial charge in [-0.25, -0.2) is 13.1 Å². The highest BCUT2D eigenvalue weighted by Crippen LogP contribution is 2.19. The first-order valence-electron chi connectivity index (χ1n) is 9.74. The number of anilines is 1. The van der Waals surface area contributed by atoms with E-state index in [0.29, 0.717) is 17.0 Å². The molecule has 8 nitrogen and oxygen atoms in total. The Labute approximate surface area is 186 Å². The zero-order valence-corrected chi connectivity index (χ0v) is 18.1. The van der Waals surface area contributed by atoms with Crippen molar-refractivity contribution in [3.8, 4) is 5.75 Å². The van der Waals surface area contributed by atoms with Gasteiger partial charge < -0.3 is 15.8 Å². The fraction of sp³-hybridized carbons (Fsp3) is 0.130. The standard InChI is InChI=1S/C23H23N3O5S/c1-16(17-5-3-2-4-6-17)26-32(29,30)21-13-11-20(12-14-21)31-15-22(27)25-19-9-7-18(8-10-19)23(24)28/h2-14,16,26H,15H2,1H3,(H2,24,28)(H,25,27)/t16-/m1/s1. The number of benzene rings is 3. The van der Waals surface area contributed by atoms with E-state index in [1.54, 1.807) is 19.1 Å². The fourth-order valence-corrected chi connectivity index (χ4v) is 4.12. The highest BCUT2D eigenvalue weighted by molar-refractivity contribution is 7.89. The molecule has 0 aliphatic carbocycles. The summed E-state index contributed by atoms with van der Waals surface area (Å²) in [6, 6.07) is 20.8. The van der Waals surface area contributed by atoms with E-state index in [2.05, 4.69) is 10.0 Å². The van der Waals surface area contributed by atoms with Gasteiger partial charge in [-0.1, -0.05) is 30.3 Å². The molecule has 32 heavy (non-hydrogen) atoms. The van der Waals surface area contributed by atoms with E-state index >= 15 is 0 Å². The molecule has 0 bridgehead atoms. The summed E-state index contributed by atoms with van der Waals surface area (Å²) in [5.41, 5.74) is 6.85. The lowest BCUT2D eigenvalue weighted by atomic mass is 10.1. The number of rotatable bonds is 9. The van der Waals surface area contributed by atoms with Gasteiger partial charge in [-0.3, -0.25) is 9.59 Å². The van der Waals surface area contributed by atoms with E-state index in [1.807, 2.05) is 30.3 Å². The molecule has 2 amide bonds. The zero-order valence-electron chi connectivity index (χ0n) is 17.3. The summed E-state index contributed by atoms with van der Waals surface area (Å²) in [5.74, 6) is -0.618. The fourth-order valence-electron chi connectivity index (χ4n) is 2.89. The van der Waals surface area contributed by atoms with Crippen LogP contribution in [0.3, 0.4) is 0 Å². The van der Waals surface area contributed by atoms with Crippen LogP contribution in [0, 0.1) is 0 Å². The second kappa shape index (κ2) is 10.1. The highest BCUT2D eigenvalue weighted by Gasteiger charge is 2.18. The summed E-state index contributed by atoms with van der Waals surface area (Å²) in [4.78, 5) is 23.2. The van der Waals surface area contributed by atoms with Crippen LogP contribution in [0.4, 0.5) is 5.69 Å². The molecule has 0 saturated heterocycles. The first-order chi connectivity index (χ1) is 15.2. The van der Waals surface area contributed by atoms with Gasteiger partial charge >= 0.3 is 0 Å². The number of carbonyl (C=O) groups excluding carboxylic acids is 2. The van der Waals surface area contributed by atoms with Crippen molar-refractivity contribution >= 4 is 27.5 Å². The van der Waals surface area contributed by atoms with E-state index in [-0.39, 0.29) is 11.5 Å². The Balaban J connectivity index is 1.54. The summed E-state index contributed by atoms with van der Waals surface area (Å²) in [6.07, 6.45) is 0. The minimum atomic E-state index is -3.72. The van der Waals surface area contributed by atoms with Gasteiger partial charge in [-0.05, 0) is 61.0 Å². The van der Waals surface area contributed by atoms with E-state index < -0.39 is 27.9 Å². The Morgan fingerprint density at radius 1 is 0.938 bits per heavy atom. The Hall–Kier alpha value is -3.69. The SMILES string of the molecule is C[C@@H](NS(=O)(=O)c1ccc(OCC(=O)Nc2ccc(C(N)=O)cc2)cc1)c1ccccc1. The lowest BCUT2D eigenvalue weighted by Gasteiger charge is -2.15. The van der Waals surface area contributed by atoms with Gasteiger partial charge in [-0.2, -0.15) is 0 Å². The van der Waals surface area contributed by atoms with Crippen LogP contribution in [0.5, 0.6) is 5.75 Å². The number of nitrogens with one attached hydrogen (secondary N) is 2. The van der Waals surface area contributed by atoms with Crippen LogP contribution in [0.15, 0.2) is 83.8 Å². The number of carbonyl (C=O) groups is 2. The smallest absolute Gasteiger partial charge is 0.262 e. The second-order valence-corrected chi connectivity index (χ2v) is 8.72. The van der Waals surface area contributed by atoms with Crippen LogP contribution in [0.2, 0.25) is 0 Å². The molecule has 0 unspecified atom stereocenters. The molecule has 0 aliphatic rings. The van der Waals surface area contributed by atoms with Gasteiger partial charge in [0.25, 0.3) is 5.91 Å². The Kier molecular flexibility index (Phi) is 7.24. The van der Waals surface area contributed by atoms with Gasteiger partial charge in [0.15, 0.2) is 6.61 Å². The summed E-state index contributed by atoms with van der Waals surface area (Å²) >= 11 is 0. The molecule has 0 aliphatic heterocycles. The molecule has 0 fully saturated rings. The molecule has 9 heteroatoms. The lowest BCUT2D eigenvalue weighted by molar-refractivity contribution is -0.118. The van der Waals surface area contributed by atoms with Gasteiger partial charge in [0.2, 0.25) is 15.9 Å². The first-order valence-corrected chi connectivity index (χ1v) is 11.2. The van der Waals surface area contributed by atoms with Crippen molar-refractivity contribution in [2.24, 2.45) is 5.73 Å². The molecule has 3 rings (SSSR count). The van der Waals surface area contributed by atoms with Gasteiger partial charge in [0, 0.05) is 17.3 Å². The zero-order chi connectivity index (χ0) is 23.1. The van der Waals surface area contributed by atoms with Gasteiger partial charge in [0.05, 0.1) is 4.90 Å². The van der Waals surface area contributed by atoms with Gasteiger partial charge in [-0.15, -0.1) is 0 Å². The van der Waals surface area contributed by atoms with Crippen molar-refractivity contribution in [1.29, 1.82) is 0 Å². The van der Waals surface area contributed by atoms with E-state index in [4.69, 9.17) is 10.5 Å². The molecule has 0 aromatic heterocycles. The van der Waals surface area contributed by atoms with E-state index in [0.717, 1.165) is 5.56 Å². The predicted molar refractivity (Wildman–Crippen MR) is 121 cm³/mol. The third-order valence-electron chi connectivity index (χ3n) is 4.59. The molecule has 0 spiro atoms. The summed E-state index contributed by atoms with van der Waals surface area (Å²) in [7, 11) is -3.72. The van der Waals surface area contributed by atoms with Gasteiger partial charge in [0.1, 0.15) is 5.75 Å². The molecule has 3 aromatic carbocycles. The lowest BCUT2D eigenvalue weighted by Crippen LogP contribution is -2.26. The number of ether oxygens (including phenoxy) is 1. The average molecular weight is 454 g/mol. The topological polar surface area (TPSA) is 128 Å². The Morgan fingerprint density at radius 3 is 2.16 bits per heavy atom. The maximum atomic E-state index is 12.6. The number of hydrogen-bond donors (Lipinski definition) is 3. The van der Waals surface area contributed by atoms with Crippen molar-refractivity contribution in [1.82, 2.24) is 4.72 Å². The van der Waals surface area contributed by atoms with Crippen molar-refractivity contribution in [3.05, 3.63) is 90.0 Å². The number of amides is 2. The molecule has 0 heterocycles. The molecule has 4 N–H and O–H groups in total. The summed E-state index contributed by atoms with van der Waals surface area (Å²) in [5, 5.41) is 2.63. The molecule has 1 atom stereocenters. The second-order valence-electron chi connectivity index (χ2n) is 7.00. The summed E-state index contributed by atoms with van der Waals surface area (Å²) < 4.78 is 33.3. The highest BCUT2D eigenvalue weighted by atomic mass is 32.2. The quantitative estimate of drug-likeness (QED) is 0.459. The molecule has 0 saturated carbocycles. The van der Waals surface area contributed by atoms with E-state index in [1.165, 1.54) is 36.4 Å². The minimum absolute atomic E-state index is 0.0895. The molecular formula is C23H23N3O5S. The third-order valence-corrected chi connectivity index (χ3v) is 6.15. The van der Waals surface area contributed by atoms with Crippen molar-refractivity contribution < 1.29 is 22.7 Å². The minimum Gasteiger partial charge on any atom is -0.484 e. The average Bonchev–Trinajstić information content (AvgIpc) is 2.78. The molecule has 166 valence electrons. The molecule has 3 aromatic rings. The van der Waals surface area contributed by atoms with Crippen molar-refractivity contribution in [3.63, 3.8) is 0 Å². The van der Waals surface area contributed by atoms with Crippen LogP contribution < -0.4 is 20.5 Å². The number of hydrogen-bond acceptors (Lipinski definition) is 5. The Bertz CT molecular complexity index is 1180. The largest absolute Gasteiger partial charge is 0.484 e. The van der Waals surface area contributed by atoms with Crippen LogP contribution >= 0.6 is 0 Å². The number of sulfonamides is 1. The number of nitrogens with two attached hydrogens (primary N) is 1. The van der Waals surface area contributed by atoms with Crippen LogP contribution in [0.25, 0.3) is 0 Å². The van der Waals surface area contributed by atoms with Crippen molar-refractivity contribution in [2.75, 3.05) is 11.9 Å².